The number of sulfone groups is 1. The van der Waals surface area contributed by atoms with Gasteiger partial charge in [0.2, 0.25) is 5.91 Å². The number of halogens is 1. The first-order valence-corrected chi connectivity index (χ1v) is 10.6. The molecule has 0 atom stereocenters. The lowest BCUT2D eigenvalue weighted by molar-refractivity contribution is -0.115. The van der Waals surface area contributed by atoms with Crippen LogP contribution in [-0.4, -0.2) is 25.2 Å². The normalized spacial score (nSPS) is 11.4. The van der Waals surface area contributed by atoms with E-state index < -0.39 is 21.6 Å². The average molecular weight is 416 g/mol. The summed E-state index contributed by atoms with van der Waals surface area (Å²) in [5, 5.41) is 6.41. The zero-order valence-corrected chi connectivity index (χ0v) is 17.1. The average Bonchev–Trinajstić information content (AvgIpc) is 2.99. The van der Waals surface area contributed by atoms with Crippen LogP contribution in [0.25, 0.3) is 11.3 Å². The summed E-state index contributed by atoms with van der Waals surface area (Å²) in [6.45, 7) is 5.36. The van der Waals surface area contributed by atoms with Gasteiger partial charge in [-0.15, -0.1) is 0 Å². The van der Waals surface area contributed by atoms with Gasteiger partial charge in [0.25, 0.3) is 0 Å². The van der Waals surface area contributed by atoms with Gasteiger partial charge in [0.1, 0.15) is 5.82 Å². The van der Waals surface area contributed by atoms with E-state index in [0.29, 0.717) is 16.9 Å². The zero-order valence-electron chi connectivity index (χ0n) is 16.3. The predicted molar refractivity (Wildman–Crippen MR) is 108 cm³/mol. The maximum absolute atomic E-state index is 13.2. The maximum Gasteiger partial charge on any atom is 0.225 e. The Bertz CT molecular complexity index is 1170. The number of amides is 1. The summed E-state index contributed by atoms with van der Waals surface area (Å²) in [5.41, 5.74) is 3.04. The lowest BCUT2D eigenvalue weighted by Crippen LogP contribution is -2.18. The van der Waals surface area contributed by atoms with Crippen molar-refractivity contribution in [2.75, 3.05) is 11.1 Å². The van der Waals surface area contributed by atoms with Crippen molar-refractivity contribution in [3.05, 3.63) is 65.1 Å². The van der Waals surface area contributed by atoms with Crippen molar-refractivity contribution in [1.29, 1.82) is 0 Å². The fourth-order valence-corrected chi connectivity index (χ4v) is 4.43. The third kappa shape index (κ3) is 4.71. The molecular formula is C21H21FN2O4S. The predicted octanol–water partition coefficient (Wildman–Crippen LogP) is 4.21. The minimum atomic E-state index is -3.72. The molecule has 0 bridgehead atoms. The first-order valence-electron chi connectivity index (χ1n) is 8.99. The van der Waals surface area contributed by atoms with Crippen LogP contribution in [0.15, 0.2) is 51.9 Å². The topological polar surface area (TPSA) is 89.3 Å². The number of anilines is 1. The van der Waals surface area contributed by atoms with Crippen LogP contribution in [0.4, 0.5) is 10.1 Å². The number of rotatable bonds is 6. The van der Waals surface area contributed by atoms with Crippen molar-refractivity contribution in [2.24, 2.45) is 0 Å². The van der Waals surface area contributed by atoms with E-state index in [4.69, 9.17) is 4.52 Å². The highest BCUT2D eigenvalue weighted by Crippen LogP contribution is 2.29. The Morgan fingerprint density at radius 3 is 2.55 bits per heavy atom. The van der Waals surface area contributed by atoms with Crippen molar-refractivity contribution in [2.45, 2.75) is 32.1 Å². The lowest BCUT2D eigenvalue weighted by Gasteiger charge is -2.10. The molecule has 1 N–H and O–H groups in total. The Morgan fingerprint density at radius 1 is 1.14 bits per heavy atom. The van der Waals surface area contributed by atoms with Crippen LogP contribution in [0.2, 0.25) is 0 Å². The van der Waals surface area contributed by atoms with Gasteiger partial charge in [-0.05, 0) is 50.6 Å². The molecule has 0 aliphatic carbocycles. The summed E-state index contributed by atoms with van der Waals surface area (Å²) in [6, 6.07) is 10.4. The highest BCUT2D eigenvalue weighted by atomic mass is 32.2. The second-order valence-electron chi connectivity index (χ2n) is 6.83. The van der Waals surface area contributed by atoms with E-state index in [-0.39, 0.29) is 22.8 Å². The van der Waals surface area contributed by atoms with E-state index in [2.05, 4.69) is 10.5 Å². The van der Waals surface area contributed by atoms with Crippen LogP contribution in [-0.2, 0) is 14.6 Å². The Balaban J connectivity index is 1.77. The van der Waals surface area contributed by atoms with Gasteiger partial charge in [-0.2, -0.15) is 0 Å². The number of benzene rings is 2. The summed E-state index contributed by atoms with van der Waals surface area (Å²) in [4.78, 5) is 12.2. The summed E-state index contributed by atoms with van der Waals surface area (Å²) in [6.07, 6.45) is -0.247. The number of hydrogen-bond acceptors (Lipinski definition) is 5. The molecule has 6 nitrogen and oxygen atoms in total. The van der Waals surface area contributed by atoms with Crippen molar-refractivity contribution < 1.29 is 22.1 Å². The Morgan fingerprint density at radius 2 is 1.90 bits per heavy atom. The van der Waals surface area contributed by atoms with Gasteiger partial charge in [-0.3, -0.25) is 4.79 Å². The Hall–Kier alpha value is -3.00. The summed E-state index contributed by atoms with van der Waals surface area (Å²) >= 11 is 0. The fourth-order valence-electron chi connectivity index (χ4n) is 2.89. The molecule has 2 aromatic carbocycles. The van der Waals surface area contributed by atoms with Crippen LogP contribution >= 0.6 is 0 Å². The van der Waals surface area contributed by atoms with Gasteiger partial charge in [-0.25, -0.2) is 12.8 Å². The molecule has 1 heterocycles. The van der Waals surface area contributed by atoms with Crippen molar-refractivity contribution in [3.63, 3.8) is 0 Å². The van der Waals surface area contributed by atoms with Crippen LogP contribution < -0.4 is 5.32 Å². The van der Waals surface area contributed by atoms with Gasteiger partial charge in [0.15, 0.2) is 15.6 Å². The van der Waals surface area contributed by atoms with Gasteiger partial charge >= 0.3 is 0 Å². The smallest absolute Gasteiger partial charge is 0.225 e. The second-order valence-corrected chi connectivity index (χ2v) is 8.91. The van der Waals surface area contributed by atoms with Crippen molar-refractivity contribution in [1.82, 2.24) is 5.16 Å². The molecule has 0 aliphatic rings. The van der Waals surface area contributed by atoms with Crippen LogP contribution in [0, 0.1) is 26.6 Å². The van der Waals surface area contributed by atoms with Crippen molar-refractivity contribution in [3.8, 4) is 11.3 Å². The van der Waals surface area contributed by atoms with Gasteiger partial charge in [0, 0.05) is 23.2 Å². The fraction of sp³-hybridized carbons (Fsp3) is 0.238. The minimum Gasteiger partial charge on any atom is -0.356 e. The summed E-state index contributed by atoms with van der Waals surface area (Å²) in [5.74, 6) is -0.842. The maximum atomic E-state index is 13.2. The molecule has 0 saturated heterocycles. The molecule has 0 spiro atoms. The first kappa shape index (κ1) is 20.7. The second kappa shape index (κ2) is 8.16. The number of carbonyl (C=O) groups excluding carboxylic acids is 1. The molecule has 0 aliphatic heterocycles. The molecule has 3 rings (SSSR count). The van der Waals surface area contributed by atoms with E-state index in [1.165, 1.54) is 24.3 Å². The largest absolute Gasteiger partial charge is 0.356 e. The molecule has 1 amide bonds. The molecule has 3 aromatic rings. The standard InChI is InChI=1S/C21H21FN2O4S/c1-13-7-8-16(21-14(2)15(3)24-28-21)11-19(13)29(26,27)10-9-20(25)23-18-6-4-5-17(22)12-18/h4-8,11-12H,9-10H2,1-3H3,(H,23,25). The molecule has 0 radical (unpaired) electrons. The summed E-state index contributed by atoms with van der Waals surface area (Å²) < 4.78 is 44.2. The highest BCUT2D eigenvalue weighted by Gasteiger charge is 2.21. The van der Waals surface area contributed by atoms with Gasteiger partial charge in [-0.1, -0.05) is 23.4 Å². The lowest BCUT2D eigenvalue weighted by atomic mass is 10.1. The molecule has 29 heavy (non-hydrogen) atoms. The highest BCUT2D eigenvalue weighted by molar-refractivity contribution is 7.91. The quantitative estimate of drug-likeness (QED) is 0.650. The number of aromatic nitrogens is 1. The van der Waals surface area contributed by atoms with Gasteiger partial charge in [0.05, 0.1) is 16.3 Å². The third-order valence-electron chi connectivity index (χ3n) is 4.65. The number of nitrogens with zero attached hydrogens (tertiary/aromatic N) is 1. The number of aryl methyl sites for hydroxylation is 2. The van der Waals surface area contributed by atoms with Crippen LogP contribution in [0.5, 0.6) is 0 Å². The first-order chi connectivity index (χ1) is 13.7. The van der Waals surface area contributed by atoms with E-state index in [1.54, 1.807) is 25.1 Å². The molecule has 0 saturated carbocycles. The Kier molecular flexibility index (Phi) is 5.83. The third-order valence-corrected chi connectivity index (χ3v) is 6.50. The van der Waals surface area contributed by atoms with E-state index in [9.17, 15) is 17.6 Å². The monoisotopic (exact) mass is 416 g/mol. The minimum absolute atomic E-state index is 0.141. The zero-order chi connectivity index (χ0) is 21.2. The molecular weight excluding hydrogens is 395 g/mol. The van der Waals surface area contributed by atoms with E-state index in [1.807, 2.05) is 13.8 Å². The van der Waals surface area contributed by atoms with Crippen molar-refractivity contribution >= 4 is 21.4 Å². The van der Waals surface area contributed by atoms with Crippen LogP contribution in [0.1, 0.15) is 23.2 Å². The summed E-state index contributed by atoms with van der Waals surface area (Å²) in [7, 11) is -3.72. The van der Waals surface area contributed by atoms with Gasteiger partial charge < -0.3 is 9.84 Å². The number of nitrogens with one attached hydrogen (secondary N) is 1. The number of hydrogen-bond donors (Lipinski definition) is 1. The van der Waals surface area contributed by atoms with Crippen LogP contribution in [0.3, 0.4) is 0 Å². The molecule has 8 heteroatoms. The SMILES string of the molecule is Cc1ccc(-c2onc(C)c2C)cc1S(=O)(=O)CCC(=O)Nc1cccc(F)c1. The van der Waals surface area contributed by atoms with E-state index >= 15 is 0 Å². The Labute approximate surface area is 168 Å². The number of carbonyl (C=O) groups is 1. The molecule has 0 unspecified atom stereocenters. The molecule has 0 fully saturated rings. The molecule has 1 aromatic heterocycles. The van der Waals surface area contributed by atoms with E-state index in [0.717, 1.165) is 11.3 Å². The molecule has 152 valence electrons.